The predicted octanol–water partition coefficient (Wildman–Crippen LogP) is 1.19. The molecule has 1 amide bonds. The van der Waals surface area contributed by atoms with E-state index in [1.807, 2.05) is 0 Å². The summed E-state index contributed by atoms with van der Waals surface area (Å²) in [6, 6.07) is 0. The fraction of sp³-hybridized carbons (Fsp3) is 0.400. The Morgan fingerprint density at radius 3 is 2.80 bits per heavy atom. The molecule has 0 aliphatic carbocycles. The Morgan fingerprint density at radius 1 is 1.80 bits per heavy atom. The van der Waals surface area contributed by atoms with Crippen molar-refractivity contribution >= 4 is 51.9 Å². The van der Waals surface area contributed by atoms with Gasteiger partial charge in [-0.05, 0) is 0 Å². The first-order valence-electron chi connectivity index (χ1n) is 2.71. The van der Waals surface area contributed by atoms with Gasteiger partial charge >= 0.3 is 0 Å². The van der Waals surface area contributed by atoms with Gasteiger partial charge in [0, 0.05) is 30.3 Å². The molecule has 0 atom stereocenters. The largest absolute Gasteiger partial charge is 0.281 e. The Bertz CT molecular complexity index is 191. The van der Waals surface area contributed by atoms with Gasteiger partial charge in [-0.1, -0.05) is 24.4 Å². The van der Waals surface area contributed by atoms with Gasteiger partial charge in [-0.3, -0.25) is 9.10 Å². The van der Waals surface area contributed by atoms with E-state index in [1.165, 1.54) is 17.3 Å². The van der Waals surface area contributed by atoms with Crippen molar-refractivity contribution in [3.05, 3.63) is 0 Å². The molecule has 0 spiro atoms. The molecule has 54 valence electrons. The number of nitrogens with zero attached hydrogens (tertiary/aromatic N) is 1. The van der Waals surface area contributed by atoms with Crippen LogP contribution < -0.4 is 0 Å². The monoisotopic (exact) mass is 191 g/mol. The van der Waals surface area contributed by atoms with E-state index in [0.29, 0.717) is 10.6 Å². The lowest BCUT2D eigenvalue weighted by Crippen LogP contribution is -2.38. The fourth-order valence-electron chi connectivity index (χ4n) is 0.521. The van der Waals surface area contributed by atoms with Gasteiger partial charge in [0.05, 0.1) is 0 Å². The topological polar surface area (TPSA) is 20.3 Å². The Kier molecular flexibility index (Phi) is 2.76. The van der Waals surface area contributed by atoms with E-state index in [-0.39, 0.29) is 5.91 Å². The van der Waals surface area contributed by atoms with Gasteiger partial charge in [0.2, 0.25) is 5.91 Å². The first kappa shape index (κ1) is 8.10. The summed E-state index contributed by atoms with van der Waals surface area (Å²) < 4.78 is 2.20. The van der Waals surface area contributed by atoms with E-state index >= 15 is 0 Å². The van der Waals surface area contributed by atoms with Crippen LogP contribution in [0.3, 0.4) is 0 Å². The molecule has 1 saturated heterocycles. The zero-order valence-electron chi connectivity index (χ0n) is 5.07. The molecule has 10 heavy (non-hydrogen) atoms. The van der Waals surface area contributed by atoms with Crippen molar-refractivity contribution in [2.45, 2.75) is 6.42 Å². The molecule has 1 rings (SSSR count). The molecule has 0 saturated carbocycles. The van der Waals surface area contributed by atoms with Crippen LogP contribution >= 0.6 is 36.4 Å². The molecule has 1 heterocycles. The zero-order chi connectivity index (χ0) is 7.56. The van der Waals surface area contributed by atoms with Crippen LogP contribution in [0.5, 0.6) is 0 Å². The van der Waals surface area contributed by atoms with Crippen molar-refractivity contribution in [3.8, 4) is 0 Å². The van der Waals surface area contributed by atoms with Crippen molar-refractivity contribution in [1.29, 1.82) is 0 Å². The number of rotatable bonds is 2. The minimum absolute atomic E-state index is 0.143. The van der Waals surface area contributed by atoms with Crippen LogP contribution in [0.1, 0.15) is 6.42 Å². The summed E-state index contributed by atoms with van der Waals surface area (Å²) in [7, 11) is 0. The minimum Gasteiger partial charge on any atom is -0.281 e. The van der Waals surface area contributed by atoms with Gasteiger partial charge < -0.3 is 0 Å². The van der Waals surface area contributed by atoms with Gasteiger partial charge in [-0.2, -0.15) is 0 Å². The van der Waals surface area contributed by atoms with Crippen LogP contribution in [0.4, 0.5) is 0 Å². The Morgan fingerprint density at radius 2 is 2.50 bits per heavy atom. The third-order valence-electron chi connectivity index (χ3n) is 1.10. The van der Waals surface area contributed by atoms with E-state index in [1.54, 1.807) is 4.31 Å². The Balaban J connectivity index is 2.32. The zero-order valence-corrected chi connectivity index (χ0v) is 7.52. The number of thiocarbonyl (C=S) groups is 2. The molecule has 1 aliphatic heterocycles. The second kappa shape index (κ2) is 3.41. The molecule has 1 aliphatic rings. The molecule has 0 radical (unpaired) electrons. The molecular formula is C5H5NOS3. The Hall–Kier alpha value is -0.0000000000000000555. The molecule has 5 heteroatoms. The number of hydrogen-bond donors (Lipinski definition) is 0. The quantitative estimate of drug-likeness (QED) is 0.371. The smallest absolute Gasteiger partial charge is 0.234 e. The van der Waals surface area contributed by atoms with Crippen molar-refractivity contribution in [2.24, 2.45) is 0 Å². The van der Waals surface area contributed by atoms with E-state index in [2.05, 4.69) is 12.2 Å². The summed E-state index contributed by atoms with van der Waals surface area (Å²) in [5, 5.41) is 1.41. The van der Waals surface area contributed by atoms with E-state index in [9.17, 15) is 4.79 Å². The number of amides is 1. The summed E-state index contributed by atoms with van der Waals surface area (Å²) in [4.78, 5) is 10.7. The lowest BCUT2D eigenvalue weighted by molar-refractivity contribution is -0.132. The summed E-state index contributed by atoms with van der Waals surface area (Å²) >= 11 is 10.6. The van der Waals surface area contributed by atoms with E-state index in [4.69, 9.17) is 12.2 Å². The standard InChI is InChI=1S/C5H5NOS3/c7-4-1-2-6(4)10-5(9)3-8/h3H,1-2H2. The van der Waals surface area contributed by atoms with Crippen molar-refractivity contribution in [3.63, 3.8) is 0 Å². The van der Waals surface area contributed by atoms with Gasteiger partial charge in [-0.15, -0.1) is 0 Å². The summed E-state index contributed by atoms with van der Waals surface area (Å²) in [6.45, 7) is 0.798. The first-order chi connectivity index (χ1) is 4.74. The highest BCUT2D eigenvalue weighted by Gasteiger charge is 2.24. The maximum absolute atomic E-state index is 10.7. The normalized spacial score (nSPS) is 16.4. The molecule has 0 bridgehead atoms. The van der Waals surface area contributed by atoms with Crippen LogP contribution in [0.25, 0.3) is 0 Å². The highest BCUT2D eigenvalue weighted by molar-refractivity contribution is 8.25. The van der Waals surface area contributed by atoms with Crippen molar-refractivity contribution in [1.82, 2.24) is 4.31 Å². The molecule has 0 aromatic heterocycles. The third kappa shape index (κ3) is 1.74. The predicted molar refractivity (Wildman–Crippen MR) is 50.2 cm³/mol. The molecular weight excluding hydrogens is 186 g/mol. The molecule has 0 N–H and O–H groups in total. The second-order valence-electron chi connectivity index (χ2n) is 1.77. The molecule has 0 unspecified atom stereocenters. The third-order valence-corrected chi connectivity index (χ3v) is 2.88. The van der Waals surface area contributed by atoms with E-state index in [0.717, 1.165) is 6.54 Å². The summed E-state index contributed by atoms with van der Waals surface area (Å²) in [6.07, 6.45) is 0.646. The van der Waals surface area contributed by atoms with Gasteiger partial charge in [0.15, 0.2) is 0 Å². The van der Waals surface area contributed by atoms with Gasteiger partial charge in [-0.25, -0.2) is 0 Å². The maximum Gasteiger partial charge on any atom is 0.234 e. The minimum atomic E-state index is 0.143. The average molecular weight is 191 g/mol. The van der Waals surface area contributed by atoms with Crippen LogP contribution in [-0.4, -0.2) is 26.3 Å². The number of hydrogen-bond acceptors (Lipinski definition) is 4. The SMILES string of the molecule is O=C1CCN1SC(=S)C=S. The highest BCUT2D eigenvalue weighted by Crippen LogP contribution is 2.20. The van der Waals surface area contributed by atoms with Crippen LogP contribution in [0, 0.1) is 0 Å². The average Bonchev–Trinajstić information content (AvgIpc) is 1.96. The van der Waals surface area contributed by atoms with Gasteiger partial charge in [0.1, 0.15) is 4.20 Å². The van der Waals surface area contributed by atoms with Crippen LogP contribution in [0.15, 0.2) is 0 Å². The summed E-state index contributed by atoms with van der Waals surface area (Å²) in [5.41, 5.74) is 0. The molecule has 0 aromatic carbocycles. The fourth-order valence-corrected chi connectivity index (χ4v) is 1.56. The lowest BCUT2D eigenvalue weighted by Gasteiger charge is -2.28. The molecule has 0 aromatic rings. The number of β-lactam (4-membered cyclic amide) rings is 1. The summed E-state index contributed by atoms with van der Waals surface area (Å²) in [5.74, 6) is 0.143. The van der Waals surface area contributed by atoms with Gasteiger partial charge in [0.25, 0.3) is 0 Å². The van der Waals surface area contributed by atoms with Crippen molar-refractivity contribution in [2.75, 3.05) is 6.54 Å². The highest BCUT2D eigenvalue weighted by atomic mass is 32.2. The van der Waals surface area contributed by atoms with E-state index < -0.39 is 0 Å². The first-order valence-corrected chi connectivity index (χ1v) is 4.37. The number of carbonyl (C=O) groups is 1. The van der Waals surface area contributed by atoms with Crippen molar-refractivity contribution < 1.29 is 4.79 Å². The second-order valence-corrected chi connectivity index (χ2v) is 3.77. The Labute approximate surface area is 74.1 Å². The number of carbonyl (C=O) groups excluding carboxylic acids is 1. The maximum atomic E-state index is 10.7. The molecule has 2 nitrogen and oxygen atoms in total. The molecule has 1 fully saturated rings. The van der Waals surface area contributed by atoms with Crippen LogP contribution in [-0.2, 0) is 4.79 Å². The van der Waals surface area contributed by atoms with Crippen LogP contribution in [0.2, 0.25) is 0 Å². The lowest BCUT2D eigenvalue weighted by atomic mass is 10.3.